The summed E-state index contributed by atoms with van der Waals surface area (Å²) < 4.78 is 21.1. The van der Waals surface area contributed by atoms with Crippen molar-refractivity contribution in [2.75, 3.05) is 6.61 Å². The highest BCUT2D eigenvalue weighted by atomic mass is 19.1. The molecule has 3 rings (SSSR count). The minimum atomic E-state index is -0.643. The number of aromatic nitrogens is 2. The second-order valence-electron chi connectivity index (χ2n) is 4.53. The Morgan fingerprint density at radius 3 is 3.00 bits per heavy atom. The molecule has 0 spiro atoms. The van der Waals surface area contributed by atoms with Crippen molar-refractivity contribution in [2.24, 2.45) is 0 Å². The van der Waals surface area contributed by atoms with Crippen LogP contribution in [-0.4, -0.2) is 21.3 Å². The van der Waals surface area contributed by atoms with E-state index in [9.17, 15) is 14.5 Å². The van der Waals surface area contributed by atoms with Gasteiger partial charge in [-0.15, -0.1) is 0 Å². The van der Waals surface area contributed by atoms with Gasteiger partial charge in [0, 0.05) is 18.1 Å². The van der Waals surface area contributed by atoms with Gasteiger partial charge < -0.3 is 4.74 Å². The molecule has 1 aromatic heterocycles. The first-order valence-electron chi connectivity index (χ1n) is 6.09. The van der Waals surface area contributed by atoms with Crippen molar-refractivity contribution >= 4 is 16.6 Å². The van der Waals surface area contributed by atoms with Gasteiger partial charge in [-0.2, -0.15) is 5.10 Å². The average molecular weight is 265 g/mol. The third-order valence-corrected chi connectivity index (χ3v) is 3.27. The van der Waals surface area contributed by atoms with E-state index in [1.165, 1.54) is 16.9 Å². The lowest BCUT2D eigenvalue weighted by Crippen LogP contribution is -2.19. The third kappa shape index (κ3) is 2.06. The zero-order chi connectivity index (χ0) is 13.4. The molecule has 0 saturated carbocycles. The van der Waals surface area contributed by atoms with Crippen LogP contribution in [0.5, 0.6) is 0 Å². The minimum absolute atomic E-state index is 0.262. The fraction of sp³-hybridized carbons (Fsp3) is 0.417. The Hall–Kier alpha value is -2.02. The Kier molecular flexibility index (Phi) is 2.90. The van der Waals surface area contributed by atoms with E-state index < -0.39 is 10.7 Å². The van der Waals surface area contributed by atoms with E-state index in [-0.39, 0.29) is 17.4 Å². The van der Waals surface area contributed by atoms with Gasteiger partial charge in [0.2, 0.25) is 0 Å². The maximum Gasteiger partial charge on any atom is 0.273 e. The first-order chi connectivity index (χ1) is 9.16. The molecule has 1 saturated heterocycles. The lowest BCUT2D eigenvalue weighted by atomic mass is 10.2. The van der Waals surface area contributed by atoms with E-state index in [0.29, 0.717) is 12.0 Å². The fourth-order valence-electron chi connectivity index (χ4n) is 2.37. The van der Waals surface area contributed by atoms with Gasteiger partial charge in [-0.05, 0) is 19.3 Å². The highest BCUT2D eigenvalue weighted by molar-refractivity contribution is 5.81. The summed E-state index contributed by atoms with van der Waals surface area (Å²) in [7, 11) is 0. The summed E-state index contributed by atoms with van der Waals surface area (Å²) in [5.41, 5.74) is -0.00777. The maximum absolute atomic E-state index is 14.0. The van der Waals surface area contributed by atoms with Crippen LogP contribution < -0.4 is 0 Å². The summed E-state index contributed by atoms with van der Waals surface area (Å²) in [5, 5.41) is 15.2. The lowest BCUT2D eigenvalue weighted by Gasteiger charge is -2.23. The largest absolute Gasteiger partial charge is 0.356 e. The Bertz CT molecular complexity index is 634. The number of nitro benzene ring substituents is 1. The van der Waals surface area contributed by atoms with Gasteiger partial charge in [-0.3, -0.25) is 10.1 Å². The smallest absolute Gasteiger partial charge is 0.273 e. The number of rotatable bonds is 2. The van der Waals surface area contributed by atoms with Crippen molar-refractivity contribution in [3.63, 3.8) is 0 Å². The molecule has 0 bridgehead atoms. The molecule has 0 aliphatic carbocycles. The number of hydrogen-bond donors (Lipinski definition) is 0. The summed E-state index contributed by atoms with van der Waals surface area (Å²) in [6.07, 6.45) is 3.91. The molecule has 19 heavy (non-hydrogen) atoms. The minimum Gasteiger partial charge on any atom is -0.356 e. The molecule has 1 aliphatic rings. The monoisotopic (exact) mass is 265 g/mol. The van der Waals surface area contributed by atoms with Crippen LogP contribution in [0, 0.1) is 15.9 Å². The van der Waals surface area contributed by atoms with Gasteiger partial charge in [0.25, 0.3) is 5.69 Å². The van der Waals surface area contributed by atoms with Crippen LogP contribution in [0.1, 0.15) is 25.5 Å². The summed E-state index contributed by atoms with van der Waals surface area (Å²) in [6, 6.07) is 2.24. The average Bonchev–Trinajstić information content (AvgIpc) is 2.84. The first-order valence-corrected chi connectivity index (χ1v) is 6.09. The molecule has 1 unspecified atom stereocenters. The van der Waals surface area contributed by atoms with Crippen molar-refractivity contribution in [1.29, 1.82) is 0 Å². The molecule has 0 amide bonds. The summed E-state index contributed by atoms with van der Waals surface area (Å²) in [4.78, 5) is 10.1. The van der Waals surface area contributed by atoms with Crippen molar-refractivity contribution in [3.05, 3.63) is 34.3 Å². The standard InChI is InChI=1S/C12H12FN3O3/c13-10-6-9(16(17)18)5-8-7-14-15(12(8)10)11-3-1-2-4-19-11/h5-7,11H,1-4H2. The van der Waals surface area contributed by atoms with E-state index in [1.54, 1.807) is 0 Å². The quantitative estimate of drug-likeness (QED) is 0.618. The molecule has 7 heteroatoms. The fourth-order valence-corrected chi connectivity index (χ4v) is 2.37. The number of fused-ring (bicyclic) bond motifs is 1. The second kappa shape index (κ2) is 4.58. The Morgan fingerprint density at radius 2 is 2.32 bits per heavy atom. The molecule has 1 fully saturated rings. The van der Waals surface area contributed by atoms with Crippen molar-refractivity contribution < 1.29 is 14.1 Å². The van der Waals surface area contributed by atoms with Crippen LogP contribution in [0.15, 0.2) is 18.3 Å². The summed E-state index contributed by atoms with van der Waals surface area (Å²) in [5.74, 6) is -0.643. The van der Waals surface area contributed by atoms with Crippen LogP contribution >= 0.6 is 0 Å². The molecule has 0 radical (unpaired) electrons. The number of non-ortho nitro benzene ring substituents is 1. The number of nitro groups is 1. The van der Waals surface area contributed by atoms with Crippen LogP contribution in [0.25, 0.3) is 10.9 Å². The van der Waals surface area contributed by atoms with E-state index in [0.717, 1.165) is 25.3 Å². The van der Waals surface area contributed by atoms with E-state index in [2.05, 4.69) is 5.10 Å². The first kappa shape index (κ1) is 12.0. The SMILES string of the molecule is O=[N+]([O-])c1cc(F)c2c(cnn2C2CCCCO2)c1. The highest BCUT2D eigenvalue weighted by Gasteiger charge is 2.22. The second-order valence-corrected chi connectivity index (χ2v) is 4.53. The van der Waals surface area contributed by atoms with Gasteiger partial charge in [-0.25, -0.2) is 9.07 Å². The Morgan fingerprint density at radius 1 is 1.47 bits per heavy atom. The normalized spacial score (nSPS) is 19.7. The third-order valence-electron chi connectivity index (χ3n) is 3.27. The van der Waals surface area contributed by atoms with Crippen molar-refractivity contribution in [2.45, 2.75) is 25.5 Å². The van der Waals surface area contributed by atoms with Gasteiger partial charge in [0.1, 0.15) is 5.52 Å². The van der Waals surface area contributed by atoms with Crippen LogP contribution in [0.3, 0.4) is 0 Å². The van der Waals surface area contributed by atoms with Crippen molar-refractivity contribution in [3.8, 4) is 0 Å². The molecule has 1 atom stereocenters. The number of halogens is 1. The number of hydrogen-bond acceptors (Lipinski definition) is 4. The van der Waals surface area contributed by atoms with E-state index in [1.807, 2.05) is 0 Å². The van der Waals surface area contributed by atoms with E-state index in [4.69, 9.17) is 4.74 Å². The Labute approximate surface area is 107 Å². The predicted octanol–water partition coefficient (Wildman–Crippen LogP) is 2.78. The van der Waals surface area contributed by atoms with Gasteiger partial charge in [0.05, 0.1) is 17.2 Å². The Balaban J connectivity index is 2.09. The van der Waals surface area contributed by atoms with E-state index >= 15 is 0 Å². The molecular weight excluding hydrogens is 253 g/mol. The zero-order valence-corrected chi connectivity index (χ0v) is 10.1. The molecule has 6 nitrogen and oxygen atoms in total. The zero-order valence-electron chi connectivity index (χ0n) is 10.1. The number of benzene rings is 1. The van der Waals surface area contributed by atoms with Crippen molar-refractivity contribution in [1.82, 2.24) is 9.78 Å². The van der Waals surface area contributed by atoms with Gasteiger partial charge >= 0.3 is 0 Å². The molecule has 2 aromatic rings. The number of nitrogens with zero attached hydrogens (tertiary/aromatic N) is 3. The van der Waals surface area contributed by atoms with Gasteiger partial charge in [0.15, 0.2) is 12.0 Å². The highest BCUT2D eigenvalue weighted by Crippen LogP contribution is 2.29. The molecule has 1 aliphatic heterocycles. The summed E-state index contributed by atoms with van der Waals surface area (Å²) >= 11 is 0. The molecular formula is C12H12FN3O3. The number of ether oxygens (including phenoxy) is 1. The topological polar surface area (TPSA) is 70.2 Å². The lowest BCUT2D eigenvalue weighted by molar-refractivity contribution is -0.384. The summed E-state index contributed by atoms with van der Waals surface area (Å²) in [6.45, 7) is 0.626. The van der Waals surface area contributed by atoms with Crippen LogP contribution in [-0.2, 0) is 4.74 Å². The van der Waals surface area contributed by atoms with Gasteiger partial charge in [-0.1, -0.05) is 0 Å². The molecule has 0 N–H and O–H groups in total. The van der Waals surface area contributed by atoms with Crippen LogP contribution in [0.2, 0.25) is 0 Å². The predicted molar refractivity (Wildman–Crippen MR) is 65.2 cm³/mol. The maximum atomic E-state index is 14.0. The van der Waals surface area contributed by atoms with Crippen LogP contribution in [0.4, 0.5) is 10.1 Å². The molecule has 100 valence electrons. The molecule has 2 heterocycles. The molecule has 1 aromatic carbocycles.